The molecule has 0 saturated carbocycles. The number of hydrogen-bond acceptors (Lipinski definition) is 4. The molecule has 0 aliphatic carbocycles. The Bertz CT molecular complexity index is 564. The molecule has 100 valence electrons. The predicted molar refractivity (Wildman–Crippen MR) is 83.1 cm³/mol. The minimum Gasteiger partial charge on any atom is -0.326 e. The second kappa shape index (κ2) is 6.50. The summed E-state index contributed by atoms with van der Waals surface area (Å²) in [7, 11) is 0. The maximum absolute atomic E-state index is 5.70. The quantitative estimate of drug-likeness (QED) is 0.866. The van der Waals surface area contributed by atoms with Gasteiger partial charge in [0.05, 0.1) is 5.75 Å². The van der Waals surface area contributed by atoms with Crippen LogP contribution in [-0.2, 0) is 12.3 Å². The number of nitrogens with two attached hydrogens (primary N) is 1. The van der Waals surface area contributed by atoms with Crippen molar-refractivity contribution >= 4 is 27.7 Å². The second-order valence-electron chi connectivity index (χ2n) is 4.21. The van der Waals surface area contributed by atoms with Crippen LogP contribution >= 0.6 is 27.7 Å². The van der Waals surface area contributed by atoms with Gasteiger partial charge in [-0.1, -0.05) is 12.1 Å². The van der Waals surface area contributed by atoms with E-state index in [1.54, 1.807) is 11.8 Å². The third-order valence-corrected chi connectivity index (χ3v) is 4.89. The minimum atomic E-state index is 0.495. The van der Waals surface area contributed by atoms with Gasteiger partial charge in [-0.15, -0.1) is 11.8 Å². The van der Waals surface area contributed by atoms with Gasteiger partial charge in [-0.2, -0.15) is 0 Å². The van der Waals surface area contributed by atoms with Crippen molar-refractivity contribution in [3.63, 3.8) is 0 Å². The standard InChI is InChI=1S/C14H16BrN3S/c1-9-11(7-16)10(2)18-14(17-9)8-19-13-6-4-3-5-12(13)15/h3-6H,7-8,16H2,1-2H3. The highest BCUT2D eigenvalue weighted by Gasteiger charge is 2.08. The lowest BCUT2D eigenvalue weighted by atomic mass is 10.2. The molecule has 1 aromatic carbocycles. The fraction of sp³-hybridized carbons (Fsp3) is 0.286. The van der Waals surface area contributed by atoms with E-state index in [4.69, 9.17) is 5.73 Å². The van der Waals surface area contributed by atoms with Crippen LogP contribution in [0.5, 0.6) is 0 Å². The Morgan fingerprint density at radius 1 is 1.16 bits per heavy atom. The van der Waals surface area contributed by atoms with E-state index < -0.39 is 0 Å². The second-order valence-corrected chi connectivity index (χ2v) is 6.08. The summed E-state index contributed by atoms with van der Waals surface area (Å²) in [5.41, 5.74) is 8.71. The van der Waals surface area contributed by atoms with Crippen LogP contribution < -0.4 is 5.73 Å². The maximum atomic E-state index is 5.70. The molecular formula is C14H16BrN3S. The smallest absolute Gasteiger partial charge is 0.139 e. The van der Waals surface area contributed by atoms with Gasteiger partial charge in [0.1, 0.15) is 5.82 Å². The highest BCUT2D eigenvalue weighted by molar-refractivity contribution is 9.10. The van der Waals surface area contributed by atoms with Crippen LogP contribution in [0.4, 0.5) is 0 Å². The van der Waals surface area contributed by atoms with Crippen LogP contribution in [0, 0.1) is 13.8 Å². The van der Waals surface area contributed by atoms with Gasteiger partial charge in [0.25, 0.3) is 0 Å². The molecule has 0 amide bonds. The lowest BCUT2D eigenvalue weighted by Crippen LogP contribution is -2.08. The van der Waals surface area contributed by atoms with E-state index in [0.29, 0.717) is 6.54 Å². The van der Waals surface area contributed by atoms with Gasteiger partial charge in [-0.25, -0.2) is 9.97 Å². The van der Waals surface area contributed by atoms with E-state index in [9.17, 15) is 0 Å². The molecule has 0 radical (unpaired) electrons. The molecule has 0 aliphatic rings. The Labute approximate surface area is 126 Å². The molecule has 0 atom stereocenters. The SMILES string of the molecule is Cc1nc(CSc2ccccc2Br)nc(C)c1CN. The van der Waals surface area contributed by atoms with Crippen LogP contribution in [0.15, 0.2) is 33.6 Å². The molecule has 3 nitrogen and oxygen atoms in total. The number of thioether (sulfide) groups is 1. The van der Waals surface area contributed by atoms with Gasteiger partial charge in [-0.05, 0) is 41.9 Å². The molecule has 2 N–H and O–H groups in total. The van der Waals surface area contributed by atoms with E-state index >= 15 is 0 Å². The number of aromatic nitrogens is 2. The normalized spacial score (nSPS) is 10.7. The summed E-state index contributed by atoms with van der Waals surface area (Å²) in [5, 5.41) is 0. The van der Waals surface area contributed by atoms with Crippen molar-refractivity contribution < 1.29 is 0 Å². The van der Waals surface area contributed by atoms with Gasteiger partial charge in [0, 0.05) is 32.9 Å². The number of hydrogen-bond donors (Lipinski definition) is 1. The molecule has 0 aliphatic heterocycles. The van der Waals surface area contributed by atoms with Gasteiger partial charge in [0.2, 0.25) is 0 Å². The molecule has 1 aromatic heterocycles. The van der Waals surface area contributed by atoms with Gasteiger partial charge in [-0.3, -0.25) is 0 Å². The Morgan fingerprint density at radius 3 is 2.37 bits per heavy atom. The molecule has 0 fully saturated rings. The molecule has 1 heterocycles. The van der Waals surface area contributed by atoms with Gasteiger partial charge >= 0.3 is 0 Å². The van der Waals surface area contributed by atoms with Crippen molar-refractivity contribution in [2.45, 2.75) is 31.0 Å². The van der Waals surface area contributed by atoms with Crippen LogP contribution in [0.25, 0.3) is 0 Å². The highest BCUT2D eigenvalue weighted by Crippen LogP contribution is 2.29. The first-order chi connectivity index (χ1) is 9.11. The predicted octanol–water partition coefficient (Wildman–Crippen LogP) is 3.61. The topological polar surface area (TPSA) is 51.8 Å². The maximum Gasteiger partial charge on any atom is 0.139 e. The number of aryl methyl sites for hydroxylation is 2. The zero-order chi connectivity index (χ0) is 13.8. The first kappa shape index (κ1) is 14.5. The van der Waals surface area contributed by atoms with Crippen LogP contribution in [0.1, 0.15) is 22.8 Å². The molecule has 0 bridgehead atoms. The lowest BCUT2D eigenvalue weighted by Gasteiger charge is -2.09. The summed E-state index contributed by atoms with van der Waals surface area (Å²) in [6.45, 7) is 4.47. The summed E-state index contributed by atoms with van der Waals surface area (Å²) < 4.78 is 1.10. The zero-order valence-corrected chi connectivity index (χ0v) is 13.4. The van der Waals surface area contributed by atoms with E-state index in [-0.39, 0.29) is 0 Å². The summed E-state index contributed by atoms with van der Waals surface area (Å²) in [6.07, 6.45) is 0. The van der Waals surface area contributed by atoms with E-state index in [0.717, 1.165) is 33.0 Å². The number of halogens is 1. The molecule has 0 spiro atoms. The fourth-order valence-corrected chi connectivity index (χ4v) is 3.30. The van der Waals surface area contributed by atoms with Crippen LogP contribution in [0.3, 0.4) is 0 Å². The summed E-state index contributed by atoms with van der Waals surface area (Å²) >= 11 is 5.27. The van der Waals surface area contributed by atoms with Crippen molar-refractivity contribution in [3.05, 3.63) is 51.5 Å². The number of nitrogens with zero attached hydrogens (tertiary/aromatic N) is 2. The minimum absolute atomic E-state index is 0.495. The number of benzene rings is 1. The van der Waals surface area contributed by atoms with Crippen molar-refractivity contribution in [2.75, 3.05) is 0 Å². The lowest BCUT2D eigenvalue weighted by molar-refractivity contribution is 0.891. The molecule has 0 unspecified atom stereocenters. The van der Waals surface area contributed by atoms with E-state index in [2.05, 4.69) is 32.0 Å². The van der Waals surface area contributed by atoms with Crippen molar-refractivity contribution in [2.24, 2.45) is 5.73 Å². The van der Waals surface area contributed by atoms with Crippen LogP contribution in [-0.4, -0.2) is 9.97 Å². The Morgan fingerprint density at radius 2 is 1.79 bits per heavy atom. The molecule has 0 saturated heterocycles. The fourth-order valence-electron chi connectivity index (χ4n) is 1.87. The van der Waals surface area contributed by atoms with E-state index in [1.165, 1.54) is 4.90 Å². The van der Waals surface area contributed by atoms with Gasteiger partial charge in [0.15, 0.2) is 0 Å². The zero-order valence-electron chi connectivity index (χ0n) is 11.0. The monoisotopic (exact) mass is 337 g/mol. The van der Waals surface area contributed by atoms with Crippen molar-refractivity contribution in [3.8, 4) is 0 Å². The first-order valence-electron chi connectivity index (χ1n) is 6.02. The van der Waals surface area contributed by atoms with Gasteiger partial charge < -0.3 is 5.73 Å². The highest BCUT2D eigenvalue weighted by atomic mass is 79.9. The Balaban J connectivity index is 2.15. The summed E-state index contributed by atoms with van der Waals surface area (Å²) in [4.78, 5) is 10.2. The molecular weight excluding hydrogens is 322 g/mol. The molecule has 19 heavy (non-hydrogen) atoms. The first-order valence-corrected chi connectivity index (χ1v) is 7.80. The van der Waals surface area contributed by atoms with E-state index in [1.807, 2.05) is 32.0 Å². The van der Waals surface area contributed by atoms with Crippen molar-refractivity contribution in [1.82, 2.24) is 9.97 Å². The third-order valence-electron chi connectivity index (χ3n) is 2.86. The Kier molecular flexibility index (Phi) is 4.96. The van der Waals surface area contributed by atoms with Crippen LogP contribution in [0.2, 0.25) is 0 Å². The Hall–Kier alpha value is -0.910. The average molecular weight is 338 g/mol. The largest absolute Gasteiger partial charge is 0.326 e. The average Bonchev–Trinajstić information content (AvgIpc) is 2.37. The summed E-state index contributed by atoms with van der Waals surface area (Å²) in [5.74, 6) is 1.61. The third kappa shape index (κ3) is 3.55. The summed E-state index contributed by atoms with van der Waals surface area (Å²) in [6, 6.07) is 8.16. The number of rotatable bonds is 4. The van der Waals surface area contributed by atoms with Crippen molar-refractivity contribution in [1.29, 1.82) is 0 Å². The molecule has 2 aromatic rings. The molecule has 5 heteroatoms. The molecule has 2 rings (SSSR count).